The highest BCUT2D eigenvalue weighted by Crippen LogP contribution is 2.16. The Hall–Kier alpha value is -2.15. The fourth-order valence-electron chi connectivity index (χ4n) is 2.11. The van der Waals surface area contributed by atoms with E-state index in [1.165, 1.54) is 12.1 Å². The highest BCUT2D eigenvalue weighted by atomic mass is 32.2. The molecule has 1 aromatic heterocycles. The highest BCUT2D eigenvalue weighted by molar-refractivity contribution is 7.90. The van der Waals surface area contributed by atoms with E-state index in [4.69, 9.17) is 4.52 Å². The van der Waals surface area contributed by atoms with Crippen molar-refractivity contribution in [3.8, 4) is 0 Å². The summed E-state index contributed by atoms with van der Waals surface area (Å²) in [5, 5.41) is 6.58. The second-order valence-electron chi connectivity index (χ2n) is 5.15. The molecule has 7 heteroatoms. The van der Waals surface area contributed by atoms with Crippen LogP contribution in [0.1, 0.15) is 23.4 Å². The molecule has 0 unspecified atom stereocenters. The summed E-state index contributed by atoms with van der Waals surface area (Å²) in [5.41, 5.74) is 2.31. The Kier molecular flexibility index (Phi) is 4.65. The zero-order chi connectivity index (χ0) is 16.3. The van der Waals surface area contributed by atoms with Crippen LogP contribution in [-0.4, -0.2) is 25.7 Å². The number of nitrogens with one attached hydrogen (secondary N) is 1. The number of rotatable bonds is 5. The van der Waals surface area contributed by atoms with E-state index in [9.17, 15) is 13.2 Å². The fraction of sp³-hybridized carbons (Fsp3) is 0.333. The smallest absolute Gasteiger partial charge is 0.224 e. The van der Waals surface area contributed by atoms with E-state index < -0.39 is 9.84 Å². The molecule has 0 saturated carbocycles. The number of nitrogens with zero attached hydrogens (tertiary/aromatic N) is 1. The number of hydrogen-bond donors (Lipinski definition) is 1. The SMILES string of the molecule is Cc1noc(C)c1CCC(=O)Nc1ccc(S(C)(=O)=O)cc1. The molecule has 2 aromatic rings. The summed E-state index contributed by atoms with van der Waals surface area (Å²) in [4.78, 5) is 12.2. The van der Waals surface area contributed by atoms with Crippen LogP contribution in [0.2, 0.25) is 0 Å². The Morgan fingerprint density at radius 2 is 1.86 bits per heavy atom. The topological polar surface area (TPSA) is 89.3 Å². The number of carbonyl (C=O) groups is 1. The lowest BCUT2D eigenvalue weighted by atomic mass is 10.1. The predicted octanol–water partition coefficient (Wildman–Crippen LogP) is 2.27. The second kappa shape index (κ2) is 6.31. The van der Waals surface area contributed by atoms with Gasteiger partial charge in [0.1, 0.15) is 5.76 Å². The highest BCUT2D eigenvalue weighted by Gasteiger charge is 2.12. The lowest BCUT2D eigenvalue weighted by Crippen LogP contribution is -2.12. The number of carbonyl (C=O) groups excluding carboxylic acids is 1. The summed E-state index contributed by atoms with van der Waals surface area (Å²) < 4.78 is 27.8. The first-order valence-electron chi connectivity index (χ1n) is 6.79. The monoisotopic (exact) mass is 322 g/mol. The van der Waals surface area contributed by atoms with Gasteiger partial charge in [0, 0.05) is 23.9 Å². The zero-order valence-electron chi connectivity index (χ0n) is 12.7. The Morgan fingerprint density at radius 3 is 2.36 bits per heavy atom. The van der Waals surface area contributed by atoms with Crippen molar-refractivity contribution in [3.63, 3.8) is 0 Å². The third-order valence-corrected chi connectivity index (χ3v) is 4.48. The quantitative estimate of drug-likeness (QED) is 0.912. The number of aryl methyl sites for hydroxylation is 2. The number of anilines is 1. The summed E-state index contributed by atoms with van der Waals surface area (Å²) in [5.74, 6) is 0.579. The van der Waals surface area contributed by atoms with Crippen LogP contribution in [0.5, 0.6) is 0 Å². The lowest BCUT2D eigenvalue weighted by molar-refractivity contribution is -0.116. The van der Waals surface area contributed by atoms with Crippen molar-refractivity contribution in [2.75, 3.05) is 11.6 Å². The van der Waals surface area contributed by atoms with Crippen LogP contribution in [0.25, 0.3) is 0 Å². The van der Waals surface area contributed by atoms with Gasteiger partial charge in [-0.15, -0.1) is 0 Å². The van der Waals surface area contributed by atoms with Gasteiger partial charge in [-0.3, -0.25) is 4.79 Å². The van der Waals surface area contributed by atoms with Crippen LogP contribution >= 0.6 is 0 Å². The molecule has 0 radical (unpaired) electrons. The number of hydrogen-bond acceptors (Lipinski definition) is 5. The van der Waals surface area contributed by atoms with Gasteiger partial charge in [0.05, 0.1) is 10.6 Å². The molecular formula is C15H18N2O4S. The van der Waals surface area contributed by atoms with Gasteiger partial charge in [0.15, 0.2) is 9.84 Å². The molecule has 6 nitrogen and oxygen atoms in total. The molecule has 1 amide bonds. The molecule has 0 aliphatic rings. The van der Waals surface area contributed by atoms with Crippen molar-refractivity contribution in [2.24, 2.45) is 0 Å². The van der Waals surface area contributed by atoms with Gasteiger partial charge in [0.25, 0.3) is 0 Å². The zero-order valence-corrected chi connectivity index (χ0v) is 13.5. The predicted molar refractivity (Wildman–Crippen MR) is 82.5 cm³/mol. The van der Waals surface area contributed by atoms with Gasteiger partial charge in [-0.1, -0.05) is 5.16 Å². The third-order valence-electron chi connectivity index (χ3n) is 3.35. The summed E-state index contributed by atoms with van der Waals surface area (Å²) in [7, 11) is -3.23. The Bertz CT molecular complexity index is 757. The molecule has 22 heavy (non-hydrogen) atoms. The largest absolute Gasteiger partial charge is 0.361 e. The first-order chi connectivity index (χ1) is 10.3. The second-order valence-corrected chi connectivity index (χ2v) is 7.16. The molecule has 118 valence electrons. The minimum Gasteiger partial charge on any atom is -0.361 e. The van der Waals surface area contributed by atoms with E-state index in [1.807, 2.05) is 13.8 Å². The van der Waals surface area contributed by atoms with Gasteiger partial charge in [-0.2, -0.15) is 0 Å². The molecule has 1 N–H and O–H groups in total. The lowest BCUT2D eigenvalue weighted by Gasteiger charge is -2.06. The molecule has 0 aliphatic carbocycles. The van der Waals surface area contributed by atoms with E-state index in [0.717, 1.165) is 23.3 Å². The number of sulfone groups is 1. The van der Waals surface area contributed by atoms with Crippen LogP contribution in [0.3, 0.4) is 0 Å². The molecule has 0 aliphatic heterocycles. The first-order valence-corrected chi connectivity index (χ1v) is 8.68. The third kappa shape index (κ3) is 3.94. The van der Waals surface area contributed by atoms with Gasteiger partial charge in [-0.25, -0.2) is 8.42 Å². The number of benzene rings is 1. The average Bonchev–Trinajstić information content (AvgIpc) is 2.75. The molecule has 0 saturated heterocycles. The number of aromatic nitrogens is 1. The average molecular weight is 322 g/mol. The molecule has 1 aromatic carbocycles. The molecular weight excluding hydrogens is 304 g/mol. The van der Waals surface area contributed by atoms with Crippen molar-refractivity contribution >= 4 is 21.4 Å². The standard InChI is InChI=1S/C15H18N2O4S/c1-10-14(11(2)21-17-10)8-9-15(18)16-12-4-6-13(7-5-12)22(3,19)20/h4-7H,8-9H2,1-3H3,(H,16,18). The Balaban J connectivity index is 1.95. The molecule has 1 heterocycles. The fourth-order valence-corrected chi connectivity index (χ4v) is 2.74. The van der Waals surface area contributed by atoms with Crippen molar-refractivity contribution < 1.29 is 17.7 Å². The Morgan fingerprint density at radius 1 is 1.23 bits per heavy atom. The maximum absolute atomic E-state index is 11.9. The van der Waals surface area contributed by atoms with Gasteiger partial charge >= 0.3 is 0 Å². The maximum Gasteiger partial charge on any atom is 0.224 e. The van der Waals surface area contributed by atoms with Gasteiger partial charge in [-0.05, 0) is 44.5 Å². The van der Waals surface area contributed by atoms with Gasteiger partial charge < -0.3 is 9.84 Å². The summed E-state index contributed by atoms with van der Waals surface area (Å²) >= 11 is 0. The van der Waals surface area contributed by atoms with Crippen LogP contribution < -0.4 is 5.32 Å². The van der Waals surface area contributed by atoms with Crippen LogP contribution in [-0.2, 0) is 21.1 Å². The summed E-state index contributed by atoms with van der Waals surface area (Å²) in [6, 6.07) is 6.09. The van der Waals surface area contributed by atoms with E-state index in [2.05, 4.69) is 10.5 Å². The van der Waals surface area contributed by atoms with Crippen molar-refractivity contribution in [1.29, 1.82) is 0 Å². The molecule has 0 atom stereocenters. The number of amides is 1. The normalized spacial score (nSPS) is 11.4. The summed E-state index contributed by atoms with van der Waals surface area (Å²) in [6.45, 7) is 3.66. The molecule has 0 bridgehead atoms. The van der Waals surface area contributed by atoms with Crippen molar-refractivity contribution in [3.05, 3.63) is 41.3 Å². The summed E-state index contributed by atoms with van der Waals surface area (Å²) in [6.07, 6.45) is 2.00. The van der Waals surface area contributed by atoms with Crippen LogP contribution in [0.15, 0.2) is 33.7 Å². The van der Waals surface area contributed by atoms with Crippen LogP contribution in [0.4, 0.5) is 5.69 Å². The minimum atomic E-state index is -3.23. The van der Waals surface area contributed by atoms with Crippen molar-refractivity contribution in [1.82, 2.24) is 5.16 Å². The molecule has 2 rings (SSSR count). The minimum absolute atomic E-state index is 0.146. The van der Waals surface area contributed by atoms with E-state index >= 15 is 0 Å². The maximum atomic E-state index is 11.9. The van der Waals surface area contributed by atoms with E-state index in [1.54, 1.807) is 12.1 Å². The Labute approximate surface area is 129 Å². The van der Waals surface area contributed by atoms with Gasteiger partial charge in [0.2, 0.25) is 5.91 Å². The van der Waals surface area contributed by atoms with E-state index in [-0.39, 0.29) is 10.8 Å². The first kappa shape index (κ1) is 16.2. The molecule has 0 spiro atoms. The molecule has 0 fully saturated rings. The van der Waals surface area contributed by atoms with Crippen molar-refractivity contribution in [2.45, 2.75) is 31.6 Å². The van der Waals surface area contributed by atoms with E-state index in [0.29, 0.717) is 18.5 Å². The van der Waals surface area contributed by atoms with Crippen LogP contribution in [0, 0.1) is 13.8 Å².